The zero-order chi connectivity index (χ0) is 20.1. The van der Waals surface area contributed by atoms with Crippen LogP contribution in [0.25, 0.3) is 23.0 Å². The maximum atomic E-state index is 5.07. The summed E-state index contributed by atoms with van der Waals surface area (Å²) in [6.07, 6.45) is 9.76. The smallest absolute Gasteiger partial charge is 0.237 e. The number of benzene rings is 1. The van der Waals surface area contributed by atoms with E-state index in [4.69, 9.17) is 9.97 Å². The second kappa shape index (κ2) is 6.76. The minimum Gasteiger partial charge on any atom is -0.344 e. The highest BCUT2D eigenvalue weighted by molar-refractivity contribution is 5.66. The van der Waals surface area contributed by atoms with Crippen LogP contribution in [0.2, 0.25) is 0 Å². The van der Waals surface area contributed by atoms with Crippen LogP contribution >= 0.6 is 0 Å². The van der Waals surface area contributed by atoms with E-state index in [1.807, 2.05) is 29.0 Å². The van der Waals surface area contributed by atoms with Gasteiger partial charge in [0, 0.05) is 24.5 Å². The molecule has 0 radical (unpaired) electrons. The summed E-state index contributed by atoms with van der Waals surface area (Å²) in [6, 6.07) is 10.4. The first-order valence-electron chi connectivity index (χ1n) is 10.5. The van der Waals surface area contributed by atoms with Gasteiger partial charge in [0.05, 0.1) is 11.7 Å². The van der Waals surface area contributed by atoms with Crippen molar-refractivity contribution in [2.45, 2.75) is 38.6 Å². The Labute approximate surface area is 174 Å². The lowest BCUT2D eigenvalue weighted by atomic mass is 9.98. The van der Waals surface area contributed by atoms with E-state index in [1.165, 1.54) is 6.42 Å². The number of hydrogen-bond donors (Lipinski definition) is 0. The fraction of sp³-hybridized carbons (Fsp3) is 0.318. The van der Waals surface area contributed by atoms with Crippen molar-refractivity contribution in [3.05, 3.63) is 60.6 Å². The third kappa shape index (κ3) is 2.49. The zero-order valence-corrected chi connectivity index (χ0v) is 16.8. The van der Waals surface area contributed by atoms with Gasteiger partial charge in [0.1, 0.15) is 17.8 Å². The number of piperidine rings is 1. The molecule has 2 aliphatic rings. The Bertz CT molecular complexity index is 1210. The van der Waals surface area contributed by atoms with Crippen molar-refractivity contribution in [2.75, 3.05) is 11.4 Å². The molecule has 2 aliphatic heterocycles. The highest BCUT2D eigenvalue weighted by Crippen LogP contribution is 2.42. The minimum absolute atomic E-state index is 0.220. The molecule has 1 saturated heterocycles. The Hall–Kier alpha value is -3.55. The Kier molecular flexibility index (Phi) is 3.90. The van der Waals surface area contributed by atoms with Gasteiger partial charge < -0.3 is 4.90 Å². The van der Waals surface area contributed by atoms with Gasteiger partial charge in [-0.2, -0.15) is 4.98 Å². The largest absolute Gasteiger partial charge is 0.344 e. The van der Waals surface area contributed by atoms with Crippen molar-refractivity contribution in [1.29, 1.82) is 0 Å². The fourth-order valence-corrected chi connectivity index (χ4v) is 4.64. The molecule has 1 fully saturated rings. The number of imidazole rings is 1. The van der Waals surface area contributed by atoms with E-state index in [2.05, 4.69) is 43.7 Å². The predicted molar refractivity (Wildman–Crippen MR) is 113 cm³/mol. The molecule has 0 saturated carbocycles. The molecule has 0 unspecified atom stereocenters. The van der Waals surface area contributed by atoms with Crippen LogP contribution in [0.15, 0.2) is 49.1 Å². The Morgan fingerprint density at radius 2 is 1.97 bits per heavy atom. The van der Waals surface area contributed by atoms with Crippen LogP contribution in [-0.2, 0) is 6.42 Å². The predicted octanol–water partition coefficient (Wildman–Crippen LogP) is 3.52. The van der Waals surface area contributed by atoms with Crippen LogP contribution in [0, 0.1) is 0 Å². The molecule has 0 aliphatic carbocycles. The first-order chi connectivity index (χ1) is 14.8. The molecule has 8 heteroatoms. The Balaban J connectivity index is 1.57. The van der Waals surface area contributed by atoms with Crippen molar-refractivity contribution < 1.29 is 0 Å². The molecule has 0 bridgehead atoms. The normalized spacial score (nSPS) is 17.4. The summed E-state index contributed by atoms with van der Waals surface area (Å²) < 4.78 is 4.08. The van der Waals surface area contributed by atoms with E-state index in [1.54, 1.807) is 12.5 Å². The molecule has 5 heterocycles. The topological polar surface area (TPSA) is 77.5 Å². The van der Waals surface area contributed by atoms with Gasteiger partial charge in [-0.25, -0.2) is 9.97 Å². The second-order valence-electron chi connectivity index (χ2n) is 7.75. The zero-order valence-electron chi connectivity index (χ0n) is 16.8. The van der Waals surface area contributed by atoms with Crippen molar-refractivity contribution in [3.63, 3.8) is 0 Å². The maximum absolute atomic E-state index is 5.07. The van der Waals surface area contributed by atoms with Gasteiger partial charge in [-0.1, -0.05) is 37.3 Å². The van der Waals surface area contributed by atoms with E-state index in [0.717, 1.165) is 60.2 Å². The molecule has 4 aromatic rings. The van der Waals surface area contributed by atoms with Crippen molar-refractivity contribution >= 4 is 5.82 Å². The van der Waals surface area contributed by atoms with Gasteiger partial charge in [-0.15, -0.1) is 10.2 Å². The third-order valence-corrected chi connectivity index (χ3v) is 6.04. The molecule has 8 nitrogen and oxygen atoms in total. The van der Waals surface area contributed by atoms with E-state index in [9.17, 15) is 0 Å². The lowest BCUT2D eigenvalue weighted by molar-refractivity contribution is 0.436. The summed E-state index contributed by atoms with van der Waals surface area (Å²) in [5.74, 6) is 3.47. The van der Waals surface area contributed by atoms with Gasteiger partial charge in [-0.3, -0.25) is 9.13 Å². The standard InChI is InChI=1S/C22H22N8/c1-2-16-18-21(28-12-7-6-10-17(28)20-27-24-14-30(18)20)26-22(25-16)29-13-11-23-19(29)15-8-4-3-5-9-15/h3-5,8-9,11,13-14,17H,2,6-7,10,12H2,1H3/t17-/m1/s1. The van der Waals surface area contributed by atoms with E-state index in [-0.39, 0.29) is 6.04 Å². The Morgan fingerprint density at radius 3 is 2.83 bits per heavy atom. The summed E-state index contributed by atoms with van der Waals surface area (Å²) >= 11 is 0. The summed E-state index contributed by atoms with van der Waals surface area (Å²) in [5, 5.41) is 8.65. The monoisotopic (exact) mass is 398 g/mol. The highest BCUT2D eigenvalue weighted by atomic mass is 15.4. The molecule has 0 amide bonds. The average Bonchev–Trinajstić information content (AvgIpc) is 3.49. The van der Waals surface area contributed by atoms with Gasteiger partial charge in [0.25, 0.3) is 0 Å². The second-order valence-corrected chi connectivity index (χ2v) is 7.75. The van der Waals surface area contributed by atoms with Gasteiger partial charge >= 0.3 is 0 Å². The molecular weight excluding hydrogens is 376 g/mol. The van der Waals surface area contributed by atoms with Crippen molar-refractivity contribution in [3.8, 4) is 23.0 Å². The number of aryl methyl sites for hydroxylation is 1. The molecular formula is C22H22N8. The molecule has 0 spiro atoms. The van der Waals surface area contributed by atoms with E-state index < -0.39 is 0 Å². The lowest BCUT2D eigenvalue weighted by Gasteiger charge is -2.40. The number of anilines is 1. The lowest BCUT2D eigenvalue weighted by Crippen LogP contribution is -2.40. The first-order valence-corrected chi connectivity index (χ1v) is 10.5. The van der Waals surface area contributed by atoms with Gasteiger partial charge in [-0.05, 0) is 25.7 Å². The molecule has 150 valence electrons. The molecule has 1 aromatic carbocycles. The summed E-state index contributed by atoms with van der Waals surface area (Å²) in [7, 11) is 0. The van der Waals surface area contributed by atoms with Crippen LogP contribution in [0.5, 0.6) is 0 Å². The quantitative estimate of drug-likeness (QED) is 0.525. The highest BCUT2D eigenvalue weighted by Gasteiger charge is 2.37. The third-order valence-electron chi connectivity index (χ3n) is 6.04. The number of hydrogen-bond acceptors (Lipinski definition) is 6. The molecule has 0 N–H and O–H groups in total. The molecule has 1 atom stereocenters. The van der Waals surface area contributed by atoms with E-state index in [0.29, 0.717) is 5.95 Å². The van der Waals surface area contributed by atoms with Crippen molar-refractivity contribution in [1.82, 2.24) is 34.3 Å². The van der Waals surface area contributed by atoms with Gasteiger partial charge in [0.2, 0.25) is 5.95 Å². The van der Waals surface area contributed by atoms with Crippen LogP contribution < -0.4 is 4.90 Å². The summed E-state index contributed by atoms with van der Waals surface area (Å²) in [5.41, 5.74) is 3.05. The number of nitrogens with zero attached hydrogens (tertiary/aromatic N) is 8. The minimum atomic E-state index is 0.220. The van der Waals surface area contributed by atoms with Crippen molar-refractivity contribution in [2.24, 2.45) is 0 Å². The van der Waals surface area contributed by atoms with Crippen LogP contribution in [0.1, 0.15) is 43.7 Å². The van der Waals surface area contributed by atoms with E-state index >= 15 is 0 Å². The fourth-order valence-electron chi connectivity index (χ4n) is 4.64. The summed E-state index contributed by atoms with van der Waals surface area (Å²) in [6.45, 7) is 3.10. The number of aromatic nitrogens is 7. The van der Waals surface area contributed by atoms with Crippen LogP contribution in [-0.4, -0.2) is 40.8 Å². The first kappa shape index (κ1) is 17.3. The SMILES string of the molecule is CCc1nc(-n2ccnc2-c2ccccc2)nc2c1-n1cnnc1[C@H]1CCCCN21. The molecule has 3 aromatic heterocycles. The van der Waals surface area contributed by atoms with Crippen LogP contribution in [0.4, 0.5) is 5.82 Å². The number of fused-ring (bicyclic) bond motifs is 6. The summed E-state index contributed by atoms with van der Waals surface area (Å²) in [4.78, 5) is 17.0. The Morgan fingerprint density at radius 1 is 1.07 bits per heavy atom. The molecule has 6 rings (SSSR count). The molecule has 30 heavy (non-hydrogen) atoms. The van der Waals surface area contributed by atoms with Gasteiger partial charge in [0.15, 0.2) is 11.6 Å². The van der Waals surface area contributed by atoms with Crippen LogP contribution in [0.3, 0.4) is 0 Å². The average molecular weight is 398 g/mol. The maximum Gasteiger partial charge on any atom is 0.237 e. The number of rotatable bonds is 3.